The Hall–Kier alpha value is -1.57. The average molecular weight is 359 g/mol. The van der Waals surface area contributed by atoms with Crippen molar-refractivity contribution in [1.29, 1.82) is 0 Å². The summed E-state index contributed by atoms with van der Waals surface area (Å²) in [4.78, 5) is 17.6. The summed E-state index contributed by atoms with van der Waals surface area (Å²) in [5.41, 5.74) is -1.96. The number of hydrogen-bond acceptors (Lipinski definition) is 6. The van der Waals surface area contributed by atoms with Crippen LogP contribution in [0.1, 0.15) is 32.9 Å². The molecule has 0 aromatic carbocycles. The third-order valence-electron chi connectivity index (χ3n) is 3.81. The van der Waals surface area contributed by atoms with Crippen molar-refractivity contribution in [3.8, 4) is 5.88 Å². The molecule has 1 fully saturated rings. The first-order valence-electron chi connectivity index (χ1n) is 7.66. The van der Waals surface area contributed by atoms with Crippen molar-refractivity contribution in [2.24, 2.45) is 0 Å². The molecule has 1 aromatic rings. The monoisotopic (exact) mass is 358 g/mol. The molecule has 134 valence electrons. The zero-order valence-corrected chi connectivity index (χ0v) is 15.0. The van der Waals surface area contributed by atoms with Crippen LogP contribution in [0.15, 0.2) is 12.1 Å². The van der Waals surface area contributed by atoms with Gasteiger partial charge in [0.2, 0.25) is 5.88 Å². The molecule has 1 aliphatic heterocycles. The van der Waals surface area contributed by atoms with E-state index in [9.17, 15) is 15.0 Å². The first-order chi connectivity index (χ1) is 11.1. The maximum Gasteiger partial charge on any atom is 0.410 e. The maximum atomic E-state index is 12.1. The second-order valence-electron chi connectivity index (χ2n) is 6.80. The lowest BCUT2D eigenvalue weighted by Crippen LogP contribution is -2.56. The molecule has 0 unspecified atom stereocenters. The number of carbonyl (C=O) groups is 1. The number of amides is 1. The number of methoxy groups -OCH3 is 1. The molecule has 2 heterocycles. The Labute approximate surface area is 146 Å². The lowest BCUT2D eigenvalue weighted by atomic mass is 9.85. The van der Waals surface area contributed by atoms with Crippen molar-refractivity contribution < 1.29 is 24.5 Å². The Balaban J connectivity index is 2.16. The Kier molecular flexibility index (Phi) is 5.27. The van der Waals surface area contributed by atoms with E-state index in [0.717, 1.165) is 0 Å². The van der Waals surface area contributed by atoms with Crippen LogP contribution < -0.4 is 4.74 Å². The van der Waals surface area contributed by atoms with Gasteiger partial charge in [-0.1, -0.05) is 11.6 Å². The minimum absolute atomic E-state index is 0.0575. The van der Waals surface area contributed by atoms with Gasteiger partial charge >= 0.3 is 6.09 Å². The highest BCUT2D eigenvalue weighted by molar-refractivity contribution is 6.31. The van der Waals surface area contributed by atoms with Crippen LogP contribution in [-0.2, 0) is 10.3 Å². The number of aliphatic hydroxyl groups excluding tert-OH is 1. The molecule has 0 radical (unpaired) electrons. The van der Waals surface area contributed by atoms with E-state index in [4.69, 9.17) is 21.1 Å². The fourth-order valence-electron chi connectivity index (χ4n) is 2.52. The van der Waals surface area contributed by atoms with Gasteiger partial charge in [0, 0.05) is 13.0 Å². The molecule has 2 N–H and O–H groups in total. The van der Waals surface area contributed by atoms with Gasteiger partial charge in [-0.25, -0.2) is 9.78 Å². The third kappa shape index (κ3) is 3.91. The fourth-order valence-corrected chi connectivity index (χ4v) is 2.70. The van der Waals surface area contributed by atoms with Crippen molar-refractivity contribution in [1.82, 2.24) is 9.88 Å². The van der Waals surface area contributed by atoms with Crippen molar-refractivity contribution in [3.05, 3.63) is 22.8 Å². The van der Waals surface area contributed by atoms with Gasteiger partial charge in [0.05, 0.1) is 19.3 Å². The number of carbonyl (C=O) groups excluding carboxylic acids is 1. The number of aliphatic hydroxyl groups is 2. The van der Waals surface area contributed by atoms with Gasteiger partial charge in [-0.2, -0.15) is 0 Å². The molecule has 2 rings (SSSR count). The van der Waals surface area contributed by atoms with Crippen LogP contribution in [0.3, 0.4) is 0 Å². The Morgan fingerprint density at radius 1 is 1.46 bits per heavy atom. The molecule has 1 saturated heterocycles. The summed E-state index contributed by atoms with van der Waals surface area (Å²) >= 11 is 5.94. The predicted octanol–water partition coefficient (Wildman–Crippen LogP) is 1.93. The average Bonchev–Trinajstić information content (AvgIpc) is 2.48. The van der Waals surface area contributed by atoms with E-state index in [1.165, 1.54) is 18.1 Å². The molecule has 0 spiro atoms. The number of β-amino-alcohol motifs (C(OH)–C–C–N with tert-alkyl or cyclic N) is 1. The van der Waals surface area contributed by atoms with Gasteiger partial charge in [-0.05, 0) is 32.9 Å². The number of pyridine rings is 1. The molecule has 1 aliphatic rings. The number of aromatic nitrogens is 1. The highest BCUT2D eigenvalue weighted by Gasteiger charge is 2.45. The Morgan fingerprint density at radius 2 is 2.12 bits per heavy atom. The fraction of sp³-hybridized carbons (Fsp3) is 0.625. The quantitative estimate of drug-likeness (QED) is 0.839. The van der Waals surface area contributed by atoms with Crippen LogP contribution in [0.4, 0.5) is 4.79 Å². The molecule has 1 amide bonds. The molecule has 0 bridgehead atoms. The summed E-state index contributed by atoms with van der Waals surface area (Å²) in [6.45, 7) is 5.48. The summed E-state index contributed by atoms with van der Waals surface area (Å²) in [5.74, 6) is 0.171. The van der Waals surface area contributed by atoms with E-state index in [0.29, 0.717) is 5.02 Å². The van der Waals surface area contributed by atoms with Crippen molar-refractivity contribution >= 4 is 17.7 Å². The lowest BCUT2D eigenvalue weighted by molar-refractivity contribution is -0.125. The second kappa shape index (κ2) is 6.74. The van der Waals surface area contributed by atoms with E-state index in [1.807, 2.05) is 0 Å². The predicted molar refractivity (Wildman–Crippen MR) is 88.1 cm³/mol. The SMILES string of the molecule is COc1nc([C@@]2(O)CCN(C(=O)OC(C)(C)C)C[C@@H]2O)ccc1Cl. The number of hydrogen-bond donors (Lipinski definition) is 2. The van der Waals surface area contributed by atoms with E-state index >= 15 is 0 Å². The zero-order valence-electron chi connectivity index (χ0n) is 14.2. The van der Waals surface area contributed by atoms with Crippen LogP contribution in [0, 0.1) is 0 Å². The molecule has 0 saturated carbocycles. The van der Waals surface area contributed by atoms with Crippen LogP contribution in [-0.4, -0.2) is 58.1 Å². The minimum atomic E-state index is -1.59. The molecule has 2 atom stereocenters. The van der Waals surface area contributed by atoms with E-state index in [-0.39, 0.29) is 31.1 Å². The van der Waals surface area contributed by atoms with E-state index in [2.05, 4.69) is 4.98 Å². The highest BCUT2D eigenvalue weighted by atomic mass is 35.5. The number of nitrogens with zero attached hydrogens (tertiary/aromatic N) is 2. The van der Waals surface area contributed by atoms with Crippen LogP contribution in [0.2, 0.25) is 5.02 Å². The van der Waals surface area contributed by atoms with Crippen molar-refractivity contribution in [3.63, 3.8) is 0 Å². The van der Waals surface area contributed by atoms with Crippen molar-refractivity contribution in [2.45, 2.75) is 44.5 Å². The van der Waals surface area contributed by atoms with Gasteiger partial charge < -0.3 is 24.6 Å². The summed E-state index contributed by atoms with van der Waals surface area (Å²) in [6, 6.07) is 3.09. The summed E-state index contributed by atoms with van der Waals surface area (Å²) in [7, 11) is 1.42. The molecule has 1 aromatic heterocycles. The summed E-state index contributed by atoms with van der Waals surface area (Å²) in [5, 5.41) is 21.6. The molecular formula is C16H23ClN2O5. The van der Waals surface area contributed by atoms with Gasteiger partial charge in [-0.3, -0.25) is 0 Å². The second-order valence-corrected chi connectivity index (χ2v) is 7.21. The van der Waals surface area contributed by atoms with Gasteiger partial charge in [0.25, 0.3) is 0 Å². The topological polar surface area (TPSA) is 92.1 Å². The smallest absolute Gasteiger partial charge is 0.410 e. The zero-order chi connectivity index (χ0) is 18.1. The lowest BCUT2D eigenvalue weighted by Gasteiger charge is -2.41. The largest absolute Gasteiger partial charge is 0.480 e. The van der Waals surface area contributed by atoms with Crippen LogP contribution in [0.5, 0.6) is 5.88 Å². The van der Waals surface area contributed by atoms with Gasteiger partial charge in [-0.15, -0.1) is 0 Å². The van der Waals surface area contributed by atoms with Crippen LogP contribution in [0.25, 0.3) is 0 Å². The highest BCUT2D eigenvalue weighted by Crippen LogP contribution is 2.35. The van der Waals surface area contributed by atoms with Crippen LogP contribution >= 0.6 is 11.6 Å². The number of likely N-dealkylation sites (tertiary alicyclic amines) is 1. The first-order valence-corrected chi connectivity index (χ1v) is 8.04. The maximum absolute atomic E-state index is 12.1. The minimum Gasteiger partial charge on any atom is -0.480 e. The van der Waals surface area contributed by atoms with E-state index in [1.54, 1.807) is 26.8 Å². The van der Waals surface area contributed by atoms with Crippen molar-refractivity contribution in [2.75, 3.05) is 20.2 Å². The molecule has 24 heavy (non-hydrogen) atoms. The molecule has 0 aliphatic carbocycles. The van der Waals surface area contributed by atoms with Gasteiger partial charge in [0.1, 0.15) is 22.3 Å². The van der Waals surface area contributed by atoms with E-state index < -0.39 is 23.4 Å². The van der Waals surface area contributed by atoms with Gasteiger partial charge in [0.15, 0.2) is 0 Å². The summed E-state index contributed by atoms with van der Waals surface area (Å²) in [6.07, 6.45) is -1.62. The number of piperidine rings is 1. The Morgan fingerprint density at radius 3 is 2.67 bits per heavy atom. The standard InChI is InChI=1S/C16H23ClN2O5/c1-15(2,3)24-14(21)19-8-7-16(22,12(20)9-19)11-6-5-10(17)13(18-11)23-4/h5-6,12,20,22H,7-9H2,1-4H3/t12-,16-/m0/s1. The number of ether oxygens (including phenoxy) is 2. The third-order valence-corrected chi connectivity index (χ3v) is 4.10. The number of rotatable bonds is 2. The molecule has 8 heteroatoms. The normalized spacial score (nSPS) is 24.6. The summed E-state index contributed by atoms with van der Waals surface area (Å²) < 4.78 is 10.3. The molecule has 7 nitrogen and oxygen atoms in total. The first kappa shape index (κ1) is 18.8. The molecular weight excluding hydrogens is 336 g/mol. The number of halogens is 1. The Bertz CT molecular complexity index is 619.